The number of ketones is 1. The lowest BCUT2D eigenvalue weighted by atomic mass is 10.0. The molecule has 4 heteroatoms. The Morgan fingerprint density at radius 2 is 2.00 bits per heavy atom. The fourth-order valence-electron chi connectivity index (χ4n) is 1.67. The maximum Gasteiger partial charge on any atom is 0.196 e. The number of anilines is 1. The van der Waals surface area contributed by atoms with E-state index >= 15 is 0 Å². The monoisotopic (exact) mass is 242 g/mol. The van der Waals surface area contributed by atoms with E-state index in [1.54, 1.807) is 24.4 Å². The Balaban J connectivity index is 2.30. The first kappa shape index (κ1) is 12.3. The van der Waals surface area contributed by atoms with Crippen LogP contribution >= 0.6 is 0 Å². The van der Waals surface area contributed by atoms with Gasteiger partial charge in [0.1, 0.15) is 0 Å². The number of benzene rings is 1. The normalized spacial score (nSPS) is 10.1. The van der Waals surface area contributed by atoms with E-state index in [4.69, 9.17) is 5.11 Å². The quantitative estimate of drug-likeness (QED) is 0.784. The highest BCUT2D eigenvalue weighted by atomic mass is 16.3. The number of nitrogens with one attached hydrogen (secondary N) is 1. The molecule has 0 saturated carbocycles. The number of carbonyl (C=O) groups is 1. The molecule has 18 heavy (non-hydrogen) atoms. The van der Waals surface area contributed by atoms with Crippen LogP contribution in [-0.2, 0) is 0 Å². The highest BCUT2D eigenvalue weighted by Crippen LogP contribution is 2.17. The lowest BCUT2D eigenvalue weighted by Crippen LogP contribution is -2.11. The third kappa shape index (κ3) is 2.73. The van der Waals surface area contributed by atoms with Crippen molar-refractivity contribution in [3.8, 4) is 0 Å². The van der Waals surface area contributed by atoms with E-state index in [9.17, 15) is 4.79 Å². The summed E-state index contributed by atoms with van der Waals surface area (Å²) in [4.78, 5) is 16.3. The molecule has 0 saturated heterocycles. The second-order valence-corrected chi connectivity index (χ2v) is 3.77. The van der Waals surface area contributed by atoms with Crippen molar-refractivity contribution >= 4 is 11.5 Å². The molecule has 1 heterocycles. The van der Waals surface area contributed by atoms with E-state index in [0.717, 1.165) is 0 Å². The predicted octanol–water partition coefficient (Wildman–Crippen LogP) is 1.72. The molecule has 0 bridgehead atoms. The van der Waals surface area contributed by atoms with E-state index in [0.29, 0.717) is 23.4 Å². The van der Waals surface area contributed by atoms with Crippen molar-refractivity contribution in [2.45, 2.75) is 0 Å². The fourth-order valence-corrected chi connectivity index (χ4v) is 1.67. The van der Waals surface area contributed by atoms with Crippen LogP contribution in [0.2, 0.25) is 0 Å². The Labute approximate surface area is 105 Å². The first-order valence-electron chi connectivity index (χ1n) is 5.71. The number of rotatable bonds is 5. The first-order valence-corrected chi connectivity index (χ1v) is 5.71. The summed E-state index contributed by atoms with van der Waals surface area (Å²) in [6.07, 6.45) is 3.15. The number of carbonyl (C=O) groups excluding carboxylic acids is 1. The second-order valence-electron chi connectivity index (χ2n) is 3.77. The summed E-state index contributed by atoms with van der Waals surface area (Å²) in [5, 5.41) is 11.8. The van der Waals surface area contributed by atoms with Crippen LogP contribution in [0.4, 0.5) is 5.69 Å². The Bertz CT molecular complexity index is 526. The van der Waals surface area contributed by atoms with Crippen LogP contribution in [0.15, 0.2) is 48.8 Å². The Hall–Kier alpha value is -2.20. The predicted molar refractivity (Wildman–Crippen MR) is 69.7 cm³/mol. The molecule has 0 amide bonds. The standard InChI is InChI=1S/C14H14N2O2/c17-9-8-16-13-6-7-15-10-12(13)14(18)11-4-2-1-3-5-11/h1-7,10,17H,8-9H2,(H,15,16). The third-order valence-electron chi connectivity index (χ3n) is 2.53. The number of pyridine rings is 1. The Morgan fingerprint density at radius 1 is 1.22 bits per heavy atom. The molecule has 2 aromatic rings. The number of hydrogen-bond acceptors (Lipinski definition) is 4. The third-order valence-corrected chi connectivity index (χ3v) is 2.53. The molecule has 0 spiro atoms. The molecule has 0 aliphatic rings. The summed E-state index contributed by atoms with van der Waals surface area (Å²) in [7, 11) is 0. The Kier molecular flexibility index (Phi) is 4.04. The lowest BCUT2D eigenvalue weighted by molar-refractivity contribution is 0.103. The fraction of sp³-hybridized carbons (Fsp3) is 0.143. The average molecular weight is 242 g/mol. The maximum atomic E-state index is 12.3. The summed E-state index contributed by atoms with van der Waals surface area (Å²) < 4.78 is 0. The molecule has 1 aromatic carbocycles. The molecule has 92 valence electrons. The summed E-state index contributed by atoms with van der Waals surface area (Å²) in [6.45, 7) is 0.417. The molecule has 2 N–H and O–H groups in total. The highest BCUT2D eigenvalue weighted by Gasteiger charge is 2.12. The Morgan fingerprint density at radius 3 is 2.72 bits per heavy atom. The first-order chi connectivity index (χ1) is 8.83. The SMILES string of the molecule is O=C(c1ccccc1)c1cnccc1NCCO. The number of nitrogens with zero attached hydrogens (tertiary/aromatic N) is 1. The van der Waals surface area contributed by atoms with Crippen LogP contribution in [-0.4, -0.2) is 29.0 Å². The molecule has 1 aromatic heterocycles. The summed E-state index contributed by atoms with van der Waals surface area (Å²) >= 11 is 0. The van der Waals surface area contributed by atoms with Gasteiger partial charge in [-0.25, -0.2) is 0 Å². The highest BCUT2D eigenvalue weighted by molar-refractivity contribution is 6.12. The van der Waals surface area contributed by atoms with Crippen molar-refractivity contribution < 1.29 is 9.90 Å². The van der Waals surface area contributed by atoms with Crippen LogP contribution < -0.4 is 5.32 Å². The van der Waals surface area contributed by atoms with Crippen molar-refractivity contribution in [3.63, 3.8) is 0 Å². The minimum absolute atomic E-state index is 0.0152. The van der Waals surface area contributed by atoms with Crippen LogP contribution in [0.1, 0.15) is 15.9 Å². The molecule has 0 fully saturated rings. The zero-order valence-electron chi connectivity index (χ0n) is 9.84. The summed E-state index contributed by atoms with van der Waals surface area (Å²) in [5.41, 5.74) is 1.82. The van der Waals surface area contributed by atoms with Crippen molar-refractivity contribution in [1.82, 2.24) is 4.98 Å². The van der Waals surface area contributed by atoms with Crippen molar-refractivity contribution in [1.29, 1.82) is 0 Å². The van der Waals surface area contributed by atoms with Gasteiger partial charge in [-0.2, -0.15) is 0 Å². The van der Waals surface area contributed by atoms with Gasteiger partial charge in [-0.1, -0.05) is 30.3 Å². The molecule has 0 atom stereocenters. The van der Waals surface area contributed by atoms with Gasteiger partial charge >= 0.3 is 0 Å². The van der Waals surface area contributed by atoms with Gasteiger partial charge in [-0.15, -0.1) is 0 Å². The van der Waals surface area contributed by atoms with Gasteiger partial charge in [0.05, 0.1) is 12.2 Å². The molecule has 0 aliphatic carbocycles. The van der Waals surface area contributed by atoms with Gasteiger partial charge in [0.25, 0.3) is 0 Å². The van der Waals surface area contributed by atoms with E-state index < -0.39 is 0 Å². The largest absolute Gasteiger partial charge is 0.395 e. The van der Waals surface area contributed by atoms with Gasteiger partial charge in [0, 0.05) is 30.2 Å². The summed E-state index contributed by atoms with van der Waals surface area (Å²) in [5.74, 6) is -0.0795. The molecule has 0 radical (unpaired) electrons. The lowest BCUT2D eigenvalue weighted by Gasteiger charge is -2.09. The molecule has 0 aliphatic heterocycles. The zero-order chi connectivity index (χ0) is 12.8. The van der Waals surface area contributed by atoms with E-state index in [2.05, 4.69) is 10.3 Å². The van der Waals surface area contributed by atoms with Crippen molar-refractivity contribution in [2.24, 2.45) is 0 Å². The van der Waals surface area contributed by atoms with Gasteiger partial charge < -0.3 is 10.4 Å². The molecule has 4 nitrogen and oxygen atoms in total. The minimum atomic E-state index is -0.0795. The van der Waals surface area contributed by atoms with Crippen molar-refractivity contribution in [3.05, 3.63) is 59.9 Å². The van der Waals surface area contributed by atoms with Crippen molar-refractivity contribution in [2.75, 3.05) is 18.5 Å². The smallest absolute Gasteiger partial charge is 0.196 e. The van der Waals surface area contributed by atoms with Gasteiger partial charge in [-0.3, -0.25) is 9.78 Å². The van der Waals surface area contributed by atoms with Crippen LogP contribution in [0, 0.1) is 0 Å². The number of hydrogen-bond donors (Lipinski definition) is 2. The van der Waals surface area contributed by atoms with E-state index in [1.165, 1.54) is 6.20 Å². The van der Waals surface area contributed by atoms with Crippen LogP contribution in [0.3, 0.4) is 0 Å². The number of aliphatic hydroxyl groups excluding tert-OH is 1. The molecular formula is C14H14N2O2. The topological polar surface area (TPSA) is 62.2 Å². The van der Waals surface area contributed by atoms with Crippen LogP contribution in [0.25, 0.3) is 0 Å². The van der Waals surface area contributed by atoms with Gasteiger partial charge in [-0.05, 0) is 6.07 Å². The zero-order valence-corrected chi connectivity index (χ0v) is 9.84. The number of aliphatic hydroxyl groups is 1. The molecule has 2 rings (SSSR count). The summed E-state index contributed by atoms with van der Waals surface area (Å²) in [6, 6.07) is 10.8. The van der Waals surface area contributed by atoms with Crippen LogP contribution in [0.5, 0.6) is 0 Å². The molecule has 0 unspecified atom stereocenters. The second kappa shape index (κ2) is 5.93. The van der Waals surface area contributed by atoms with E-state index in [-0.39, 0.29) is 12.4 Å². The maximum absolute atomic E-state index is 12.3. The molecular weight excluding hydrogens is 228 g/mol. The average Bonchev–Trinajstić information content (AvgIpc) is 2.45. The minimum Gasteiger partial charge on any atom is -0.395 e. The van der Waals surface area contributed by atoms with Gasteiger partial charge in [0.2, 0.25) is 0 Å². The van der Waals surface area contributed by atoms with E-state index in [1.807, 2.05) is 18.2 Å². The van der Waals surface area contributed by atoms with Gasteiger partial charge in [0.15, 0.2) is 5.78 Å². The number of aromatic nitrogens is 1.